The van der Waals surface area contributed by atoms with E-state index in [2.05, 4.69) is 4.74 Å². The summed E-state index contributed by atoms with van der Waals surface area (Å²) < 4.78 is 10.0. The van der Waals surface area contributed by atoms with Crippen LogP contribution in [0.5, 0.6) is 0 Å². The Morgan fingerprint density at radius 1 is 1.73 bits per heavy atom. The summed E-state index contributed by atoms with van der Waals surface area (Å²) in [5, 5.41) is 0. The second kappa shape index (κ2) is 2.34. The number of methoxy groups -OCH3 is 1. The molecular weight excluding hydrogens is 144 g/mol. The minimum Gasteiger partial charge on any atom is -0.466 e. The molecule has 3 heteroatoms. The zero-order chi connectivity index (χ0) is 7.84. The zero-order valence-electron chi connectivity index (χ0n) is 6.37. The fraction of sp³-hybridized carbons (Fsp3) is 0.625. The Bertz CT molecular complexity index is 219. The van der Waals surface area contributed by atoms with Gasteiger partial charge < -0.3 is 9.47 Å². The number of esters is 1. The minimum absolute atomic E-state index is 0.0208. The van der Waals surface area contributed by atoms with Crippen molar-refractivity contribution in [1.29, 1.82) is 0 Å². The van der Waals surface area contributed by atoms with Crippen LogP contribution in [0.3, 0.4) is 0 Å². The molecule has 1 fully saturated rings. The monoisotopic (exact) mass is 154 g/mol. The Labute approximate surface area is 65.0 Å². The highest BCUT2D eigenvalue weighted by Gasteiger charge is 2.37. The highest BCUT2D eigenvalue weighted by atomic mass is 16.5. The zero-order valence-corrected chi connectivity index (χ0v) is 6.37. The highest BCUT2D eigenvalue weighted by molar-refractivity contribution is 5.90. The minimum atomic E-state index is -0.239. The van der Waals surface area contributed by atoms with Crippen LogP contribution in [0.4, 0.5) is 0 Å². The summed E-state index contributed by atoms with van der Waals surface area (Å²) in [5.74, 6) is -0.239. The van der Waals surface area contributed by atoms with Crippen LogP contribution in [0.25, 0.3) is 0 Å². The first-order valence-corrected chi connectivity index (χ1v) is 3.77. The first-order chi connectivity index (χ1) is 5.31. The molecule has 0 radical (unpaired) electrons. The second-order valence-corrected chi connectivity index (χ2v) is 2.85. The van der Waals surface area contributed by atoms with Crippen LogP contribution in [0.1, 0.15) is 12.8 Å². The van der Waals surface area contributed by atoms with Crippen molar-refractivity contribution in [3.05, 3.63) is 11.6 Å². The lowest BCUT2D eigenvalue weighted by Crippen LogP contribution is -2.15. The maximum atomic E-state index is 11.0. The predicted molar refractivity (Wildman–Crippen MR) is 38.0 cm³/mol. The molecule has 2 bridgehead atoms. The van der Waals surface area contributed by atoms with Gasteiger partial charge in [-0.1, -0.05) is 0 Å². The van der Waals surface area contributed by atoms with Crippen molar-refractivity contribution in [2.24, 2.45) is 0 Å². The largest absolute Gasteiger partial charge is 0.466 e. The lowest BCUT2D eigenvalue weighted by atomic mass is 10.00. The van der Waals surface area contributed by atoms with Gasteiger partial charge in [-0.2, -0.15) is 0 Å². The van der Waals surface area contributed by atoms with Crippen LogP contribution >= 0.6 is 0 Å². The summed E-state index contributed by atoms with van der Waals surface area (Å²) in [6.45, 7) is 0. The maximum Gasteiger partial charge on any atom is 0.336 e. The molecule has 60 valence electrons. The number of carbonyl (C=O) groups is 1. The summed E-state index contributed by atoms with van der Waals surface area (Å²) in [7, 11) is 1.40. The van der Waals surface area contributed by atoms with Crippen molar-refractivity contribution < 1.29 is 14.3 Å². The third-order valence-electron chi connectivity index (χ3n) is 2.19. The third-order valence-corrected chi connectivity index (χ3v) is 2.19. The molecular formula is C8H10O3. The van der Waals surface area contributed by atoms with Crippen molar-refractivity contribution in [2.75, 3.05) is 7.11 Å². The van der Waals surface area contributed by atoms with Crippen LogP contribution in [0, 0.1) is 0 Å². The quantitative estimate of drug-likeness (QED) is 0.520. The van der Waals surface area contributed by atoms with Gasteiger partial charge in [0.15, 0.2) is 0 Å². The predicted octanol–water partition coefficient (Wildman–Crippen LogP) is 0.647. The molecule has 11 heavy (non-hydrogen) atoms. The standard InChI is InChI=1S/C8H10O3/c1-10-8(9)6-4-5-2-3-7(6)11-5/h4-5,7H,2-3H2,1H3. The van der Waals surface area contributed by atoms with Gasteiger partial charge >= 0.3 is 5.97 Å². The van der Waals surface area contributed by atoms with Gasteiger partial charge in [0.05, 0.1) is 24.9 Å². The summed E-state index contributed by atoms with van der Waals surface area (Å²) >= 11 is 0. The van der Waals surface area contributed by atoms with Crippen molar-refractivity contribution in [2.45, 2.75) is 25.0 Å². The first kappa shape index (κ1) is 6.85. The van der Waals surface area contributed by atoms with E-state index in [1.54, 1.807) is 0 Å². The van der Waals surface area contributed by atoms with Crippen molar-refractivity contribution in [3.8, 4) is 0 Å². The molecule has 3 nitrogen and oxygen atoms in total. The number of rotatable bonds is 1. The molecule has 2 unspecified atom stereocenters. The van der Waals surface area contributed by atoms with E-state index in [0.29, 0.717) is 5.57 Å². The van der Waals surface area contributed by atoms with Gasteiger partial charge in [-0.15, -0.1) is 0 Å². The second-order valence-electron chi connectivity index (χ2n) is 2.85. The molecule has 0 aromatic carbocycles. The average Bonchev–Trinajstić information content (AvgIpc) is 2.62. The van der Waals surface area contributed by atoms with E-state index in [4.69, 9.17) is 4.74 Å². The van der Waals surface area contributed by atoms with Gasteiger partial charge in [0.2, 0.25) is 0 Å². The number of ether oxygens (including phenoxy) is 2. The smallest absolute Gasteiger partial charge is 0.336 e. The van der Waals surface area contributed by atoms with E-state index >= 15 is 0 Å². The third kappa shape index (κ3) is 0.959. The van der Waals surface area contributed by atoms with Crippen LogP contribution in [-0.4, -0.2) is 25.3 Å². The molecule has 0 spiro atoms. The van der Waals surface area contributed by atoms with E-state index in [-0.39, 0.29) is 18.2 Å². The SMILES string of the molecule is COC(=O)C1=CC2CCC1O2. The summed E-state index contributed by atoms with van der Waals surface area (Å²) in [4.78, 5) is 11.0. The summed E-state index contributed by atoms with van der Waals surface area (Å²) in [5.41, 5.74) is 0.712. The molecule has 0 N–H and O–H groups in total. The number of hydrogen-bond donors (Lipinski definition) is 0. The molecule has 0 aromatic rings. The molecule has 2 aliphatic heterocycles. The van der Waals surface area contributed by atoms with Gasteiger partial charge in [0.1, 0.15) is 0 Å². The van der Waals surface area contributed by atoms with Crippen molar-refractivity contribution in [3.63, 3.8) is 0 Å². The molecule has 0 aromatic heterocycles. The van der Waals surface area contributed by atoms with Gasteiger partial charge in [-0.25, -0.2) is 4.79 Å². The number of hydrogen-bond acceptors (Lipinski definition) is 3. The van der Waals surface area contributed by atoms with Crippen molar-refractivity contribution >= 4 is 5.97 Å². The fourth-order valence-electron chi connectivity index (χ4n) is 1.64. The summed E-state index contributed by atoms with van der Waals surface area (Å²) in [6.07, 6.45) is 4.08. The Morgan fingerprint density at radius 2 is 2.55 bits per heavy atom. The highest BCUT2D eigenvalue weighted by Crippen LogP contribution is 2.33. The molecule has 2 aliphatic rings. The molecule has 0 amide bonds. The van der Waals surface area contributed by atoms with Crippen LogP contribution in [0.15, 0.2) is 11.6 Å². The lowest BCUT2D eigenvalue weighted by molar-refractivity contribution is -0.137. The average molecular weight is 154 g/mol. The van der Waals surface area contributed by atoms with E-state index in [1.807, 2.05) is 6.08 Å². The molecule has 0 saturated carbocycles. The number of fused-ring (bicyclic) bond motifs is 2. The van der Waals surface area contributed by atoms with E-state index < -0.39 is 0 Å². The van der Waals surface area contributed by atoms with Gasteiger partial charge in [0.25, 0.3) is 0 Å². The Morgan fingerprint density at radius 3 is 3.00 bits per heavy atom. The summed E-state index contributed by atoms with van der Waals surface area (Å²) in [6, 6.07) is 0. The van der Waals surface area contributed by atoms with E-state index in [1.165, 1.54) is 7.11 Å². The Kier molecular flexibility index (Phi) is 1.46. The topological polar surface area (TPSA) is 35.5 Å². The van der Waals surface area contributed by atoms with Gasteiger partial charge in [-0.05, 0) is 18.9 Å². The molecule has 2 rings (SSSR count). The molecule has 1 saturated heterocycles. The Hall–Kier alpha value is -0.830. The lowest BCUT2D eigenvalue weighted by Gasteiger charge is -2.07. The normalized spacial score (nSPS) is 33.7. The van der Waals surface area contributed by atoms with Crippen LogP contribution in [0.2, 0.25) is 0 Å². The number of carbonyl (C=O) groups excluding carboxylic acids is 1. The maximum absolute atomic E-state index is 11.0. The van der Waals surface area contributed by atoms with Gasteiger partial charge in [-0.3, -0.25) is 0 Å². The fourth-order valence-corrected chi connectivity index (χ4v) is 1.64. The first-order valence-electron chi connectivity index (χ1n) is 3.77. The van der Waals surface area contributed by atoms with Gasteiger partial charge in [0, 0.05) is 0 Å². The Balaban J connectivity index is 2.16. The van der Waals surface area contributed by atoms with Crippen LogP contribution < -0.4 is 0 Å². The molecule has 0 aliphatic carbocycles. The van der Waals surface area contributed by atoms with E-state index in [0.717, 1.165) is 12.8 Å². The van der Waals surface area contributed by atoms with E-state index in [9.17, 15) is 4.79 Å². The van der Waals surface area contributed by atoms with Crippen LogP contribution in [-0.2, 0) is 14.3 Å². The molecule has 2 atom stereocenters. The van der Waals surface area contributed by atoms with Crippen molar-refractivity contribution in [1.82, 2.24) is 0 Å². The molecule has 2 heterocycles.